The molecule has 0 radical (unpaired) electrons. The summed E-state index contributed by atoms with van der Waals surface area (Å²) in [6.45, 7) is 12.7. The summed E-state index contributed by atoms with van der Waals surface area (Å²) in [5, 5.41) is 3.58. The Kier molecular flexibility index (Phi) is 6.11. The summed E-state index contributed by atoms with van der Waals surface area (Å²) in [5.41, 5.74) is 0.503. The molecule has 0 aliphatic rings. The van der Waals surface area contributed by atoms with E-state index in [1.54, 1.807) is 32.9 Å². The number of hydrogen-bond acceptors (Lipinski definition) is 6. The molecule has 29 heavy (non-hydrogen) atoms. The molecule has 0 saturated carbocycles. The monoisotopic (exact) mass is 402 g/mol. The average molecular weight is 402 g/mol. The topological polar surface area (TPSA) is 86.8 Å². The minimum absolute atomic E-state index is 0.154. The van der Waals surface area contributed by atoms with Gasteiger partial charge in [0.25, 0.3) is 0 Å². The van der Waals surface area contributed by atoms with E-state index in [1.165, 1.54) is 14.2 Å². The zero-order valence-corrected chi connectivity index (χ0v) is 18.6. The maximum absolute atomic E-state index is 12.5. The van der Waals surface area contributed by atoms with Gasteiger partial charge in [-0.05, 0) is 33.3 Å². The van der Waals surface area contributed by atoms with Gasteiger partial charge in [-0.1, -0.05) is 20.8 Å². The van der Waals surface area contributed by atoms with Gasteiger partial charge >= 0.3 is 5.97 Å². The molecule has 1 N–H and O–H groups in total. The number of benzene rings is 1. The van der Waals surface area contributed by atoms with E-state index in [2.05, 4.69) is 10.3 Å². The first-order chi connectivity index (χ1) is 13.3. The van der Waals surface area contributed by atoms with Crippen LogP contribution in [0.1, 0.15) is 47.1 Å². The number of hydrogen-bond donors (Lipinski definition) is 1. The highest BCUT2D eigenvalue weighted by Crippen LogP contribution is 2.42. The van der Waals surface area contributed by atoms with Crippen molar-refractivity contribution >= 4 is 28.5 Å². The van der Waals surface area contributed by atoms with Gasteiger partial charge in [-0.2, -0.15) is 0 Å². The number of anilines is 1. The van der Waals surface area contributed by atoms with Crippen molar-refractivity contribution in [3.8, 4) is 17.4 Å². The van der Waals surface area contributed by atoms with E-state index >= 15 is 0 Å². The van der Waals surface area contributed by atoms with Crippen molar-refractivity contribution in [2.45, 2.75) is 48.5 Å². The largest absolute Gasteiger partial charge is 0.494 e. The molecule has 0 bridgehead atoms. The molecule has 0 aliphatic heterocycles. The van der Waals surface area contributed by atoms with Crippen molar-refractivity contribution in [1.29, 1.82) is 0 Å². The highest BCUT2D eigenvalue weighted by molar-refractivity contribution is 6.03. The van der Waals surface area contributed by atoms with Gasteiger partial charge in [0, 0.05) is 17.5 Å². The lowest BCUT2D eigenvalue weighted by atomic mass is 9.95. The average Bonchev–Trinajstić information content (AvgIpc) is 2.59. The van der Waals surface area contributed by atoms with Crippen molar-refractivity contribution in [3.05, 3.63) is 17.7 Å². The van der Waals surface area contributed by atoms with Crippen LogP contribution in [-0.2, 0) is 9.59 Å². The first-order valence-electron chi connectivity index (χ1n) is 9.39. The molecule has 2 aromatic rings. The van der Waals surface area contributed by atoms with E-state index < -0.39 is 10.8 Å². The number of aromatic nitrogens is 1. The van der Waals surface area contributed by atoms with E-state index in [0.717, 1.165) is 5.56 Å². The highest BCUT2D eigenvalue weighted by Gasteiger charge is 2.27. The number of ether oxygens (including phenoxy) is 3. The molecule has 7 nitrogen and oxygen atoms in total. The van der Waals surface area contributed by atoms with E-state index in [9.17, 15) is 9.59 Å². The van der Waals surface area contributed by atoms with Crippen LogP contribution < -0.4 is 19.5 Å². The number of fused-ring (bicyclic) bond motifs is 1. The number of carbonyl (C=O) groups is 2. The number of nitrogens with one attached hydrogen (secondary N) is 1. The molecule has 1 amide bonds. The summed E-state index contributed by atoms with van der Waals surface area (Å²) in [7, 11) is 3.04. The number of amides is 1. The summed E-state index contributed by atoms with van der Waals surface area (Å²) >= 11 is 0. The first kappa shape index (κ1) is 22.5. The summed E-state index contributed by atoms with van der Waals surface area (Å²) in [4.78, 5) is 29.3. The minimum atomic E-state index is -0.659. The SMILES string of the molecule is COc1cc(NC(=O)C(C)(C)C)c(OC)c2c(C)cc(OC(=O)C(C)(C)C)nc12. The van der Waals surface area contributed by atoms with Crippen LogP contribution in [0.2, 0.25) is 0 Å². The Hall–Kier alpha value is -2.83. The summed E-state index contributed by atoms with van der Waals surface area (Å²) in [5.74, 6) is 0.544. The second-order valence-electron chi connectivity index (χ2n) is 9.00. The van der Waals surface area contributed by atoms with Crippen molar-refractivity contribution in [2.75, 3.05) is 19.5 Å². The first-order valence-corrected chi connectivity index (χ1v) is 9.39. The van der Waals surface area contributed by atoms with Crippen LogP contribution in [-0.4, -0.2) is 31.1 Å². The minimum Gasteiger partial charge on any atom is -0.494 e. The normalized spacial score (nSPS) is 11.9. The maximum atomic E-state index is 12.5. The van der Waals surface area contributed by atoms with Crippen molar-refractivity contribution in [2.24, 2.45) is 10.8 Å². The van der Waals surface area contributed by atoms with Crippen LogP contribution in [0.25, 0.3) is 10.9 Å². The van der Waals surface area contributed by atoms with Gasteiger partial charge in [-0.3, -0.25) is 9.59 Å². The third-order valence-corrected chi connectivity index (χ3v) is 4.34. The second kappa shape index (κ2) is 7.89. The number of methoxy groups -OCH3 is 2. The number of esters is 1. The Morgan fingerprint density at radius 3 is 2.07 bits per heavy atom. The maximum Gasteiger partial charge on any atom is 0.317 e. The molecule has 0 aliphatic carbocycles. The van der Waals surface area contributed by atoms with Crippen LogP contribution >= 0.6 is 0 Å². The van der Waals surface area contributed by atoms with Crippen LogP contribution in [0.15, 0.2) is 12.1 Å². The van der Waals surface area contributed by atoms with Gasteiger partial charge in [0.2, 0.25) is 11.8 Å². The molecule has 0 saturated heterocycles. The Balaban J connectivity index is 2.66. The van der Waals surface area contributed by atoms with E-state index in [1.807, 2.05) is 27.7 Å². The molecule has 0 atom stereocenters. The smallest absolute Gasteiger partial charge is 0.317 e. The zero-order chi connectivity index (χ0) is 22.1. The molecule has 0 unspecified atom stereocenters. The summed E-state index contributed by atoms with van der Waals surface area (Å²) in [6, 6.07) is 3.33. The Morgan fingerprint density at radius 2 is 1.59 bits per heavy atom. The molecule has 1 heterocycles. The van der Waals surface area contributed by atoms with Gasteiger partial charge < -0.3 is 19.5 Å². The molecule has 0 spiro atoms. The van der Waals surface area contributed by atoms with Crippen LogP contribution in [0.4, 0.5) is 5.69 Å². The highest BCUT2D eigenvalue weighted by atomic mass is 16.5. The van der Waals surface area contributed by atoms with Crippen LogP contribution in [0, 0.1) is 17.8 Å². The van der Waals surface area contributed by atoms with Crippen molar-refractivity contribution < 1.29 is 23.8 Å². The quantitative estimate of drug-likeness (QED) is 0.758. The van der Waals surface area contributed by atoms with Crippen molar-refractivity contribution in [1.82, 2.24) is 4.98 Å². The fourth-order valence-electron chi connectivity index (χ4n) is 2.58. The van der Waals surface area contributed by atoms with Gasteiger partial charge in [0.15, 0.2) is 5.75 Å². The molecule has 1 aromatic carbocycles. The van der Waals surface area contributed by atoms with Crippen molar-refractivity contribution in [3.63, 3.8) is 0 Å². The molecular formula is C22H30N2O5. The fourth-order valence-corrected chi connectivity index (χ4v) is 2.58. The molecular weight excluding hydrogens is 372 g/mol. The summed E-state index contributed by atoms with van der Waals surface area (Å²) < 4.78 is 16.6. The van der Waals surface area contributed by atoms with Gasteiger partial charge in [0.1, 0.15) is 11.3 Å². The number of nitrogens with zero attached hydrogens (tertiary/aromatic N) is 1. The Morgan fingerprint density at radius 1 is 0.966 bits per heavy atom. The molecule has 158 valence electrons. The van der Waals surface area contributed by atoms with E-state index in [0.29, 0.717) is 28.1 Å². The third-order valence-electron chi connectivity index (χ3n) is 4.34. The standard InChI is InChI=1S/C22H30N2O5/c1-12-10-15(29-20(26)22(5,6)7)24-17-14(27-8)11-13(18(28-9)16(12)17)23-19(25)21(2,3)4/h10-11H,1-9H3,(H,23,25). The lowest BCUT2D eigenvalue weighted by Gasteiger charge is -2.21. The molecule has 1 aromatic heterocycles. The second-order valence-corrected chi connectivity index (χ2v) is 9.00. The van der Waals surface area contributed by atoms with E-state index in [-0.39, 0.29) is 17.8 Å². The number of pyridine rings is 1. The number of rotatable bonds is 4. The Labute approximate surface area is 171 Å². The zero-order valence-electron chi connectivity index (χ0n) is 18.6. The van der Waals surface area contributed by atoms with Gasteiger partial charge in [0.05, 0.1) is 30.7 Å². The lowest BCUT2D eigenvalue weighted by Crippen LogP contribution is -2.28. The van der Waals surface area contributed by atoms with Gasteiger partial charge in [-0.15, -0.1) is 0 Å². The summed E-state index contributed by atoms with van der Waals surface area (Å²) in [6.07, 6.45) is 0. The molecule has 7 heteroatoms. The van der Waals surface area contributed by atoms with Gasteiger partial charge in [-0.25, -0.2) is 4.98 Å². The predicted molar refractivity (Wildman–Crippen MR) is 113 cm³/mol. The fraction of sp³-hybridized carbons (Fsp3) is 0.500. The molecule has 2 rings (SSSR count). The van der Waals surface area contributed by atoms with Crippen LogP contribution in [0.3, 0.4) is 0 Å². The lowest BCUT2D eigenvalue weighted by molar-refractivity contribution is -0.143. The number of carbonyl (C=O) groups excluding carboxylic acids is 2. The predicted octanol–water partition coefficient (Wildman–Crippen LogP) is 4.50. The Bertz CT molecular complexity index is 953. The molecule has 0 fully saturated rings. The van der Waals surface area contributed by atoms with Crippen LogP contribution in [0.5, 0.6) is 17.4 Å². The number of aryl methyl sites for hydroxylation is 1. The van der Waals surface area contributed by atoms with E-state index in [4.69, 9.17) is 14.2 Å². The third kappa shape index (κ3) is 4.78.